The van der Waals surface area contributed by atoms with Gasteiger partial charge in [-0.1, -0.05) is 0 Å². The summed E-state index contributed by atoms with van der Waals surface area (Å²) in [5.74, 6) is 1.35. The smallest absolute Gasteiger partial charge is 0.122 e. The minimum Gasteiger partial charge on any atom is -0.497 e. The van der Waals surface area contributed by atoms with Crippen LogP contribution in [0.25, 0.3) is 0 Å². The number of aliphatic hydroxyl groups excluding tert-OH is 2. The van der Waals surface area contributed by atoms with Crippen molar-refractivity contribution in [2.24, 2.45) is 0 Å². The number of ether oxygens (including phenoxy) is 3. The lowest BCUT2D eigenvalue weighted by atomic mass is 10.2. The van der Waals surface area contributed by atoms with E-state index < -0.39 is 6.10 Å². The van der Waals surface area contributed by atoms with Crippen molar-refractivity contribution < 1.29 is 24.4 Å². The number of hydrogen-bond donors (Lipinski definition) is 2. The van der Waals surface area contributed by atoms with Crippen molar-refractivity contribution in [1.82, 2.24) is 0 Å². The summed E-state index contributed by atoms with van der Waals surface area (Å²) >= 11 is 0. The van der Waals surface area contributed by atoms with Crippen molar-refractivity contribution in [3.63, 3.8) is 0 Å². The van der Waals surface area contributed by atoms with Gasteiger partial charge in [0.1, 0.15) is 17.6 Å². The molecule has 0 bridgehead atoms. The summed E-state index contributed by atoms with van der Waals surface area (Å²) in [6.45, 7) is -0.144. The molecule has 0 radical (unpaired) electrons. The van der Waals surface area contributed by atoms with Crippen molar-refractivity contribution in [3.8, 4) is 11.5 Å². The Kier molecular flexibility index (Phi) is 5.76. The molecular weight excluding hydrogens is 224 g/mol. The Morgan fingerprint density at radius 3 is 1.94 bits per heavy atom. The highest BCUT2D eigenvalue weighted by atomic mass is 16.5. The van der Waals surface area contributed by atoms with Crippen LogP contribution in [0.3, 0.4) is 0 Å². The molecule has 0 aliphatic carbocycles. The summed E-state index contributed by atoms with van der Waals surface area (Å²) in [7, 11) is 3.15. The topological polar surface area (TPSA) is 68.2 Å². The maximum Gasteiger partial charge on any atom is 0.122 e. The Labute approximate surface area is 101 Å². The van der Waals surface area contributed by atoms with Crippen LogP contribution in [0.15, 0.2) is 18.2 Å². The fourth-order valence-corrected chi connectivity index (χ4v) is 1.33. The highest BCUT2D eigenvalue weighted by Gasteiger charge is 2.07. The van der Waals surface area contributed by atoms with Crippen molar-refractivity contribution in [3.05, 3.63) is 23.8 Å². The monoisotopic (exact) mass is 242 g/mol. The summed E-state index contributed by atoms with van der Waals surface area (Å²) < 4.78 is 15.6. The SMILES string of the molecule is COc1cc(COC(CO)CO)cc(OC)c1. The van der Waals surface area contributed by atoms with Crippen molar-refractivity contribution in [2.75, 3.05) is 27.4 Å². The molecule has 0 amide bonds. The van der Waals surface area contributed by atoms with Crippen LogP contribution in [0.4, 0.5) is 0 Å². The van der Waals surface area contributed by atoms with Gasteiger partial charge in [0.15, 0.2) is 0 Å². The van der Waals surface area contributed by atoms with E-state index in [1.54, 1.807) is 20.3 Å². The van der Waals surface area contributed by atoms with E-state index >= 15 is 0 Å². The van der Waals surface area contributed by atoms with E-state index in [-0.39, 0.29) is 19.8 Å². The molecule has 5 nitrogen and oxygen atoms in total. The quantitative estimate of drug-likeness (QED) is 0.731. The standard InChI is InChI=1S/C12H18O5/c1-15-10-3-9(4-11(5-10)16-2)8-17-12(6-13)7-14/h3-5,12-14H,6-8H2,1-2H3. The van der Waals surface area contributed by atoms with Crippen LogP contribution in [0, 0.1) is 0 Å². The van der Waals surface area contributed by atoms with E-state index in [0.29, 0.717) is 11.5 Å². The molecule has 0 aliphatic rings. The molecule has 96 valence electrons. The van der Waals surface area contributed by atoms with Gasteiger partial charge in [-0.3, -0.25) is 0 Å². The lowest BCUT2D eigenvalue weighted by Gasteiger charge is -2.13. The lowest BCUT2D eigenvalue weighted by Crippen LogP contribution is -2.21. The van der Waals surface area contributed by atoms with Gasteiger partial charge < -0.3 is 24.4 Å². The highest BCUT2D eigenvalue weighted by molar-refractivity contribution is 5.38. The Hall–Kier alpha value is -1.30. The fraction of sp³-hybridized carbons (Fsp3) is 0.500. The van der Waals surface area contributed by atoms with Gasteiger partial charge in [-0.05, 0) is 17.7 Å². The molecule has 0 saturated carbocycles. The van der Waals surface area contributed by atoms with Crippen LogP contribution < -0.4 is 9.47 Å². The molecule has 0 saturated heterocycles. The minimum absolute atomic E-state index is 0.211. The van der Waals surface area contributed by atoms with Gasteiger partial charge in [0, 0.05) is 6.07 Å². The zero-order chi connectivity index (χ0) is 12.7. The Morgan fingerprint density at radius 1 is 1.00 bits per heavy atom. The predicted octanol–water partition coefficient (Wildman–Crippen LogP) is 0.574. The number of methoxy groups -OCH3 is 2. The number of hydrogen-bond acceptors (Lipinski definition) is 5. The molecule has 17 heavy (non-hydrogen) atoms. The van der Waals surface area contributed by atoms with E-state index in [4.69, 9.17) is 24.4 Å². The zero-order valence-corrected chi connectivity index (χ0v) is 10.0. The summed E-state index contributed by atoms with van der Waals surface area (Å²) in [4.78, 5) is 0. The van der Waals surface area contributed by atoms with E-state index in [2.05, 4.69) is 0 Å². The maximum absolute atomic E-state index is 8.87. The Balaban J connectivity index is 2.69. The van der Waals surface area contributed by atoms with Crippen LogP contribution in [0.1, 0.15) is 5.56 Å². The lowest BCUT2D eigenvalue weighted by molar-refractivity contribution is -0.0285. The maximum atomic E-state index is 8.87. The molecule has 0 aliphatic heterocycles. The van der Waals surface area contributed by atoms with Gasteiger partial charge in [0.25, 0.3) is 0 Å². The highest BCUT2D eigenvalue weighted by Crippen LogP contribution is 2.23. The zero-order valence-electron chi connectivity index (χ0n) is 10.0. The molecular formula is C12H18O5. The van der Waals surface area contributed by atoms with Gasteiger partial charge in [-0.2, -0.15) is 0 Å². The average molecular weight is 242 g/mol. The summed E-state index contributed by atoms with van der Waals surface area (Å²) in [6.07, 6.45) is -0.563. The van der Waals surface area contributed by atoms with E-state index in [1.807, 2.05) is 12.1 Å². The van der Waals surface area contributed by atoms with E-state index in [1.165, 1.54) is 0 Å². The Bertz CT molecular complexity index is 313. The van der Waals surface area contributed by atoms with Crippen molar-refractivity contribution in [2.45, 2.75) is 12.7 Å². The summed E-state index contributed by atoms with van der Waals surface area (Å²) in [5, 5.41) is 17.7. The molecule has 5 heteroatoms. The van der Waals surface area contributed by atoms with E-state index in [9.17, 15) is 0 Å². The third-order valence-corrected chi connectivity index (χ3v) is 2.30. The largest absolute Gasteiger partial charge is 0.497 e. The molecule has 1 aromatic carbocycles. The first-order valence-corrected chi connectivity index (χ1v) is 5.28. The number of benzene rings is 1. The fourth-order valence-electron chi connectivity index (χ4n) is 1.33. The van der Waals surface area contributed by atoms with Gasteiger partial charge in [-0.15, -0.1) is 0 Å². The van der Waals surface area contributed by atoms with Crippen LogP contribution in [-0.4, -0.2) is 43.8 Å². The van der Waals surface area contributed by atoms with Crippen molar-refractivity contribution in [1.29, 1.82) is 0 Å². The number of aliphatic hydroxyl groups is 2. The number of rotatable bonds is 7. The van der Waals surface area contributed by atoms with E-state index in [0.717, 1.165) is 5.56 Å². The van der Waals surface area contributed by atoms with Gasteiger partial charge in [0.05, 0.1) is 34.0 Å². The van der Waals surface area contributed by atoms with Crippen LogP contribution in [0.5, 0.6) is 11.5 Å². The molecule has 0 spiro atoms. The summed E-state index contributed by atoms with van der Waals surface area (Å²) in [6, 6.07) is 5.39. The van der Waals surface area contributed by atoms with Gasteiger partial charge >= 0.3 is 0 Å². The first kappa shape index (κ1) is 13.8. The normalized spacial score (nSPS) is 10.6. The molecule has 0 fully saturated rings. The molecule has 0 heterocycles. The van der Waals surface area contributed by atoms with Gasteiger partial charge in [0.2, 0.25) is 0 Å². The second-order valence-corrected chi connectivity index (χ2v) is 3.52. The third kappa shape index (κ3) is 4.22. The molecule has 0 unspecified atom stereocenters. The van der Waals surface area contributed by atoms with Gasteiger partial charge in [-0.25, -0.2) is 0 Å². The minimum atomic E-state index is -0.563. The molecule has 0 aromatic heterocycles. The van der Waals surface area contributed by atoms with Crippen LogP contribution in [0.2, 0.25) is 0 Å². The second-order valence-electron chi connectivity index (χ2n) is 3.52. The van der Waals surface area contributed by atoms with Crippen LogP contribution >= 0.6 is 0 Å². The predicted molar refractivity (Wildman–Crippen MR) is 62.3 cm³/mol. The van der Waals surface area contributed by atoms with Crippen molar-refractivity contribution >= 4 is 0 Å². The third-order valence-electron chi connectivity index (χ3n) is 2.30. The first-order valence-electron chi connectivity index (χ1n) is 5.28. The molecule has 1 rings (SSSR count). The second kappa shape index (κ2) is 7.11. The molecule has 2 N–H and O–H groups in total. The molecule has 0 atom stereocenters. The Morgan fingerprint density at radius 2 is 1.53 bits per heavy atom. The van der Waals surface area contributed by atoms with Crippen LogP contribution in [-0.2, 0) is 11.3 Å². The first-order chi connectivity index (χ1) is 8.23. The average Bonchev–Trinajstić information content (AvgIpc) is 2.39. The molecule has 1 aromatic rings. The summed E-state index contributed by atoms with van der Waals surface area (Å²) in [5.41, 5.74) is 0.855.